The number of methoxy groups -OCH3 is 1. The summed E-state index contributed by atoms with van der Waals surface area (Å²) in [5, 5.41) is 5.67. The minimum Gasteiger partial charge on any atom is -0.495 e. The Hall–Kier alpha value is -3.61. The monoisotopic (exact) mass is 445 g/mol. The van der Waals surface area contributed by atoms with E-state index in [1.807, 2.05) is 36.4 Å². The van der Waals surface area contributed by atoms with Crippen LogP contribution in [0.5, 0.6) is 5.75 Å². The number of likely N-dealkylation sites (tertiary alicyclic amines) is 1. The summed E-state index contributed by atoms with van der Waals surface area (Å²) in [5.41, 5.74) is 1.43. The SMILES string of the molecule is COc1ccccc1NC(=O)N[C@H](Cc1ccccc1)N1C(=O)[C@H]2[C@H](C1=O)[C@H]1C=C[C@H]2CC1. The molecule has 2 aromatic rings. The van der Waals surface area contributed by atoms with Crippen LogP contribution in [0, 0.1) is 23.7 Å². The second-order valence-corrected chi connectivity index (χ2v) is 8.89. The van der Waals surface area contributed by atoms with Gasteiger partial charge in [-0.15, -0.1) is 0 Å². The van der Waals surface area contributed by atoms with Gasteiger partial charge >= 0.3 is 6.03 Å². The summed E-state index contributed by atoms with van der Waals surface area (Å²) in [6.07, 6.45) is 5.60. The van der Waals surface area contributed by atoms with Gasteiger partial charge in [-0.3, -0.25) is 14.5 Å². The quantitative estimate of drug-likeness (QED) is 0.526. The maximum Gasteiger partial charge on any atom is 0.320 e. The molecule has 7 nitrogen and oxygen atoms in total. The number of anilines is 1. The lowest BCUT2D eigenvalue weighted by atomic mass is 9.63. The molecule has 0 spiro atoms. The molecule has 3 aliphatic carbocycles. The van der Waals surface area contributed by atoms with Gasteiger partial charge in [0, 0.05) is 6.42 Å². The molecule has 0 unspecified atom stereocenters. The number of para-hydroxylation sites is 2. The number of carbonyl (C=O) groups excluding carboxylic acids is 3. The van der Waals surface area contributed by atoms with Crippen molar-refractivity contribution in [3.63, 3.8) is 0 Å². The number of rotatable bonds is 6. The van der Waals surface area contributed by atoms with Gasteiger partial charge < -0.3 is 15.4 Å². The maximum atomic E-state index is 13.5. The van der Waals surface area contributed by atoms with Crippen LogP contribution in [0.4, 0.5) is 10.5 Å². The first-order valence-corrected chi connectivity index (χ1v) is 11.4. The average molecular weight is 446 g/mol. The van der Waals surface area contributed by atoms with Crippen LogP contribution in [-0.2, 0) is 16.0 Å². The molecule has 170 valence electrons. The maximum absolute atomic E-state index is 13.5. The molecule has 0 aromatic heterocycles. The summed E-state index contributed by atoms with van der Waals surface area (Å²) >= 11 is 0. The highest BCUT2D eigenvalue weighted by Crippen LogP contribution is 2.50. The Morgan fingerprint density at radius 2 is 1.58 bits per heavy atom. The molecule has 2 fully saturated rings. The van der Waals surface area contributed by atoms with E-state index >= 15 is 0 Å². The first kappa shape index (κ1) is 21.2. The van der Waals surface area contributed by atoms with Crippen molar-refractivity contribution in [2.24, 2.45) is 23.7 Å². The summed E-state index contributed by atoms with van der Waals surface area (Å²) in [5.74, 6) is -0.279. The number of ether oxygens (including phenoxy) is 1. The minimum absolute atomic E-state index is 0.0984. The Bertz CT molecular complexity index is 1070. The summed E-state index contributed by atoms with van der Waals surface area (Å²) in [6, 6.07) is 16.1. The number of imide groups is 1. The fourth-order valence-electron chi connectivity index (χ4n) is 5.51. The molecule has 4 amide bonds. The fraction of sp³-hybridized carbons (Fsp3) is 0.346. The zero-order chi connectivity index (χ0) is 22.9. The van der Waals surface area contributed by atoms with Crippen molar-refractivity contribution in [2.75, 3.05) is 12.4 Å². The van der Waals surface area contributed by atoms with Gasteiger partial charge in [0.05, 0.1) is 24.6 Å². The third-order valence-electron chi connectivity index (χ3n) is 7.03. The fourth-order valence-corrected chi connectivity index (χ4v) is 5.51. The zero-order valence-corrected chi connectivity index (χ0v) is 18.4. The lowest BCUT2D eigenvalue weighted by Gasteiger charge is -2.38. The van der Waals surface area contributed by atoms with Crippen molar-refractivity contribution in [3.05, 3.63) is 72.3 Å². The highest BCUT2D eigenvalue weighted by atomic mass is 16.5. The normalized spacial score (nSPS) is 26.2. The third kappa shape index (κ3) is 3.88. The van der Waals surface area contributed by atoms with E-state index in [4.69, 9.17) is 4.74 Å². The van der Waals surface area contributed by atoms with E-state index in [0.29, 0.717) is 17.9 Å². The van der Waals surface area contributed by atoms with Crippen LogP contribution in [0.2, 0.25) is 0 Å². The van der Waals surface area contributed by atoms with E-state index in [1.54, 1.807) is 18.2 Å². The highest BCUT2D eigenvalue weighted by Gasteiger charge is 2.58. The zero-order valence-electron chi connectivity index (χ0n) is 18.4. The topological polar surface area (TPSA) is 87.7 Å². The van der Waals surface area contributed by atoms with E-state index in [-0.39, 0.29) is 35.5 Å². The van der Waals surface area contributed by atoms with Gasteiger partial charge in [0.25, 0.3) is 0 Å². The molecule has 5 atom stereocenters. The Morgan fingerprint density at radius 1 is 0.970 bits per heavy atom. The lowest BCUT2D eigenvalue weighted by molar-refractivity contribution is -0.143. The molecular weight excluding hydrogens is 418 g/mol. The number of amides is 4. The smallest absolute Gasteiger partial charge is 0.320 e. The summed E-state index contributed by atoms with van der Waals surface area (Å²) < 4.78 is 5.31. The number of allylic oxidation sites excluding steroid dienone is 2. The van der Waals surface area contributed by atoms with Crippen LogP contribution in [0.1, 0.15) is 18.4 Å². The Labute approximate surface area is 192 Å². The number of urea groups is 1. The number of carbonyl (C=O) groups is 3. The van der Waals surface area contributed by atoms with Gasteiger partial charge in [0.15, 0.2) is 0 Å². The number of hydrogen-bond acceptors (Lipinski definition) is 4. The molecule has 1 saturated heterocycles. The van der Waals surface area contributed by atoms with Gasteiger partial charge in [0.2, 0.25) is 11.8 Å². The van der Waals surface area contributed by atoms with Gasteiger partial charge in [-0.1, -0.05) is 54.6 Å². The lowest BCUT2D eigenvalue weighted by Crippen LogP contribution is -2.53. The standard InChI is InChI=1S/C26H27N3O4/c1-33-20-10-6-5-9-19(20)27-26(32)28-21(15-16-7-3-2-4-8-16)29-24(30)22-17-11-12-18(14-13-17)23(22)25(29)31/h2-12,17-18,21-23H,13-15H2,1H3,(H2,27,28,32)/t17-,18-,21-,22+,23+/m0/s1. The van der Waals surface area contributed by atoms with Crippen LogP contribution in [0.3, 0.4) is 0 Å². The minimum atomic E-state index is -0.785. The van der Waals surface area contributed by atoms with Crippen molar-refractivity contribution < 1.29 is 19.1 Å². The van der Waals surface area contributed by atoms with Crippen LogP contribution < -0.4 is 15.4 Å². The van der Waals surface area contributed by atoms with Gasteiger partial charge in [-0.25, -0.2) is 4.79 Å². The number of nitrogens with zero attached hydrogens (tertiary/aromatic N) is 1. The summed E-state index contributed by atoms with van der Waals surface area (Å²) in [4.78, 5) is 41.3. The molecule has 33 heavy (non-hydrogen) atoms. The van der Waals surface area contributed by atoms with E-state index < -0.39 is 12.2 Å². The van der Waals surface area contributed by atoms with Crippen molar-refractivity contribution in [1.29, 1.82) is 0 Å². The Balaban J connectivity index is 1.41. The Kier molecular flexibility index (Phi) is 5.62. The van der Waals surface area contributed by atoms with E-state index in [0.717, 1.165) is 18.4 Å². The van der Waals surface area contributed by atoms with Crippen LogP contribution in [-0.4, -0.2) is 36.0 Å². The molecule has 7 heteroatoms. The molecule has 1 saturated carbocycles. The molecular formula is C26H27N3O4. The third-order valence-corrected chi connectivity index (χ3v) is 7.03. The molecule has 1 heterocycles. The number of fused-ring (bicyclic) bond motifs is 1. The van der Waals surface area contributed by atoms with Crippen molar-refractivity contribution in [1.82, 2.24) is 10.2 Å². The number of hydrogen-bond donors (Lipinski definition) is 2. The number of benzene rings is 2. The van der Waals surface area contributed by atoms with Crippen molar-refractivity contribution in [3.8, 4) is 5.75 Å². The first-order valence-electron chi connectivity index (χ1n) is 11.4. The van der Waals surface area contributed by atoms with E-state index in [9.17, 15) is 14.4 Å². The second kappa shape index (κ2) is 8.73. The van der Waals surface area contributed by atoms with Crippen molar-refractivity contribution in [2.45, 2.75) is 25.4 Å². The van der Waals surface area contributed by atoms with Gasteiger partial charge in [-0.2, -0.15) is 0 Å². The predicted molar refractivity (Wildman–Crippen MR) is 123 cm³/mol. The first-order chi connectivity index (χ1) is 16.1. The molecule has 2 aromatic carbocycles. The second-order valence-electron chi connectivity index (χ2n) is 8.89. The molecule has 6 rings (SSSR count). The van der Waals surface area contributed by atoms with Crippen LogP contribution in [0.25, 0.3) is 0 Å². The predicted octanol–water partition coefficient (Wildman–Crippen LogP) is 3.58. The van der Waals surface area contributed by atoms with Crippen LogP contribution >= 0.6 is 0 Å². The highest BCUT2D eigenvalue weighted by molar-refractivity contribution is 6.06. The van der Waals surface area contributed by atoms with E-state index in [2.05, 4.69) is 22.8 Å². The van der Waals surface area contributed by atoms with Crippen molar-refractivity contribution >= 4 is 23.5 Å². The molecule has 4 aliphatic rings. The number of nitrogens with one attached hydrogen (secondary N) is 2. The summed E-state index contributed by atoms with van der Waals surface area (Å²) in [6.45, 7) is 0. The van der Waals surface area contributed by atoms with Gasteiger partial charge in [0.1, 0.15) is 11.9 Å². The van der Waals surface area contributed by atoms with E-state index in [1.165, 1.54) is 12.0 Å². The average Bonchev–Trinajstić information content (AvgIpc) is 3.12. The molecule has 2 N–H and O–H groups in total. The Morgan fingerprint density at radius 3 is 2.18 bits per heavy atom. The van der Waals surface area contributed by atoms with Crippen LogP contribution in [0.15, 0.2) is 66.7 Å². The largest absolute Gasteiger partial charge is 0.495 e. The molecule has 2 bridgehead atoms. The molecule has 1 aliphatic heterocycles. The molecule has 0 radical (unpaired) electrons. The van der Waals surface area contributed by atoms with Gasteiger partial charge in [-0.05, 0) is 42.4 Å². The summed E-state index contributed by atoms with van der Waals surface area (Å²) in [7, 11) is 1.53.